The van der Waals surface area contributed by atoms with E-state index in [1.807, 2.05) is 44.2 Å². The number of nitrogens with zero attached hydrogens (tertiary/aromatic N) is 1. The third-order valence-electron chi connectivity index (χ3n) is 3.62. The Kier molecular flexibility index (Phi) is 6.11. The summed E-state index contributed by atoms with van der Waals surface area (Å²) in [5.74, 6) is 4.87. The lowest BCUT2D eigenvalue weighted by Crippen LogP contribution is -2.36. The zero-order valence-corrected chi connectivity index (χ0v) is 13.9. The number of nitrogens with two attached hydrogens (primary N) is 1. The van der Waals surface area contributed by atoms with E-state index < -0.39 is 5.82 Å². The quantitative estimate of drug-likeness (QED) is 0.878. The third kappa shape index (κ3) is 4.43. The van der Waals surface area contributed by atoms with Crippen LogP contribution in [0.3, 0.4) is 0 Å². The summed E-state index contributed by atoms with van der Waals surface area (Å²) >= 11 is 0. The smallest absolute Gasteiger partial charge is 0.255 e. The predicted octanol–water partition coefficient (Wildman–Crippen LogP) is 3.19. The van der Waals surface area contributed by atoms with Gasteiger partial charge in [0, 0.05) is 18.2 Å². The van der Waals surface area contributed by atoms with Crippen molar-refractivity contribution < 1.29 is 9.18 Å². The molecule has 2 rings (SSSR count). The van der Waals surface area contributed by atoms with E-state index in [9.17, 15) is 9.18 Å². The Morgan fingerprint density at radius 1 is 1.21 bits per heavy atom. The highest BCUT2D eigenvalue weighted by Crippen LogP contribution is 2.17. The Balaban J connectivity index is 2.38. The molecule has 4 heteroatoms. The van der Waals surface area contributed by atoms with Crippen LogP contribution in [0.25, 0.3) is 0 Å². The predicted molar refractivity (Wildman–Crippen MR) is 93.8 cm³/mol. The minimum Gasteiger partial charge on any atom is -0.332 e. The van der Waals surface area contributed by atoms with Gasteiger partial charge in [-0.3, -0.25) is 4.79 Å². The topological polar surface area (TPSA) is 46.3 Å². The first kappa shape index (κ1) is 17.7. The largest absolute Gasteiger partial charge is 0.332 e. The monoisotopic (exact) mass is 324 g/mol. The van der Waals surface area contributed by atoms with E-state index in [0.29, 0.717) is 12.1 Å². The maximum Gasteiger partial charge on any atom is 0.255 e. The molecule has 0 aliphatic carbocycles. The van der Waals surface area contributed by atoms with Crippen LogP contribution >= 0.6 is 0 Å². The number of carbonyl (C=O) groups excluding carboxylic acids is 1. The zero-order chi connectivity index (χ0) is 17.5. The molecule has 2 aromatic carbocycles. The fourth-order valence-corrected chi connectivity index (χ4v) is 2.37. The lowest BCUT2D eigenvalue weighted by molar-refractivity contribution is 0.0689. The molecule has 0 atom stereocenters. The van der Waals surface area contributed by atoms with E-state index in [1.165, 1.54) is 18.2 Å². The summed E-state index contributed by atoms with van der Waals surface area (Å²) in [6, 6.07) is 13.7. The summed E-state index contributed by atoms with van der Waals surface area (Å²) in [5, 5.41) is 0. The van der Waals surface area contributed by atoms with Crippen molar-refractivity contribution in [1.82, 2.24) is 4.90 Å². The number of halogens is 1. The Morgan fingerprint density at radius 3 is 2.54 bits per heavy atom. The van der Waals surface area contributed by atoms with Gasteiger partial charge in [0.2, 0.25) is 0 Å². The second-order valence-electron chi connectivity index (χ2n) is 5.71. The second-order valence-corrected chi connectivity index (χ2v) is 5.71. The van der Waals surface area contributed by atoms with E-state index in [-0.39, 0.29) is 24.1 Å². The first-order valence-corrected chi connectivity index (χ1v) is 7.86. The molecule has 24 heavy (non-hydrogen) atoms. The van der Waals surface area contributed by atoms with Crippen LogP contribution in [0.4, 0.5) is 4.39 Å². The van der Waals surface area contributed by atoms with Gasteiger partial charge in [0.05, 0.1) is 12.1 Å². The van der Waals surface area contributed by atoms with E-state index >= 15 is 0 Å². The van der Waals surface area contributed by atoms with Crippen LogP contribution in [-0.4, -0.2) is 23.4 Å². The number of hydrogen-bond donors (Lipinski definition) is 1. The molecule has 0 aliphatic heterocycles. The molecule has 0 unspecified atom stereocenters. The first-order valence-electron chi connectivity index (χ1n) is 7.86. The molecule has 0 spiro atoms. The fraction of sp³-hybridized carbons (Fsp3) is 0.250. The molecule has 0 saturated carbocycles. The molecule has 124 valence electrons. The Labute approximate surface area is 142 Å². The minimum absolute atomic E-state index is 0.0312. The average Bonchev–Trinajstić information content (AvgIpc) is 2.58. The van der Waals surface area contributed by atoms with Crippen molar-refractivity contribution in [2.75, 3.05) is 6.54 Å². The summed E-state index contributed by atoms with van der Waals surface area (Å²) in [5.41, 5.74) is 7.17. The van der Waals surface area contributed by atoms with Crippen molar-refractivity contribution in [3.05, 3.63) is 71.0 Å². The zero-order valence-electron chi connectivity index (χ0n) is 13.9. The van der Waals surface area contributed by atoms with E-state index in [0.717, 1.165) is 5.56 Å². The minimum atomic E-state index is -0.458. The average molecular weight is 324 g/mol. The molecule has 2 aromatic rings. The van der Waals surface area contributed by atoms with Crippen molar-refractivity contribution in [1.29, 1.82) is 0 Å². The summed E-state index contributed by atoms with van der Waals surface area (Å²) in [6.45, 7) is 4.51. The number of rotatable bonds is 4. The molecular formula is C20H21FN2O. The van der Waals surface area contributed by atoms with Crippen molar-refractivity contribution in [3.63, 3.8) is 0 Å². The summed E-state index contributed by atoms with van der Waals surface area (Å²) in [7, 11) is 0. The Morgan fingerprint density at radius 2 is 1.92 bits per heavy atom. The van der Waals surface area contributed by atoms with Gasteiger partial charge in [-0.2, -0.15) is 0 Å². The van der Waals surface area contributed by atoms with Crippen molar-refractivity contribution in [2.45, 2.75) is 26.4 Å². The van der Waals surface area contributed by atoms with Gasteiger partial charge in [-0.25, -0.2) is 4.39 Å². The Hall–Kier alpha value is -2.64. The van der Waals surface area contributed by atoms with Crippen molar-refractivity contribution >= 4 is 5.91 Å². The van der Waals surface area contributed by atoms with Crippen LogP contribution in [0.2, 0.25) is 0 Å². The normalized spacial score (nSPS) is 10.2. The number of benzene rings is 2. The highest BCUT2D eigenvalue weighted by atomic mass is 19.1. The van der Waals surface area contributed by atoms with Crippen LogP contribution in [-0.2, 0) is 6.54 Å². The van der Waals surface area contributed by atoms with Crippen LogP contribution in [0.5, 0.6) is 0 Å². The second kappa shape index (κ2) is 8.28. The van der Waals surface area contributed by atoms with Gasteiger partial charge >= 0.3 is 0 Å². The molecule has 1 amide bonds. The standard InChI is InChI=1S/C20H21FN2O/c1-15(2)23(14-16-7-4-3-5-8-16)20(24)19-13-18(21)11-10-17(19)9-6-12-22/h3-5,7-8,10-11,13,15H,12,14,22H2,1-2H3. The molecule has 2 N–H and O–H groups in total. The molecule has 0 aromatic heterocycles. The molecule has 0 aliphatic rings. The highest BCUT2D eigenvalue weighted by Gasteiger charge is 2.21. The summed E-state index contributed by atoms with van der Waals surface area (Å²) < 4.78 is 13.7. The van der Waals surface area contributed by atoms with Crippen LogP contribution in [0, 0.1) is 17.7 Å². The van der Waals surface area contributed by atoms with Gasteiger partial charge in [0.15, 0.2) is 0 Å². The van der Waals surface area contributed by atoms with Gasteiger partial charge < -0.3 is 10.6 Å². The maximum atomic E-state index is 13.7. The molecule has 0 saturated heterocycles. The summed E-state index contributed by atoms with van der Waals surface area (Å²) in [6.07, 6.45) is 0. The van der Waals surface area contributed by atoms with Gasteiger partial charge in [-0.1, -0.05) is 42.2 Å². The lowest BCUT2D eigenvalue weighted by Gasteiger charge is -2.27. The van der Waals surface area contributed by atoms with Gasteiger partial charge in [-0.05, 0) is 37.6 Å². The summed E-state index contributed by atoms with van der Waals surface area (Å²) in [4.78, 5) is 14.7. The number of amides is 1. The fourth-order valence-electron chi connectivity index (χ4n) is 2.37. The molecule has 0 fully saturated rings. The SMILES string of the molecule is CC(C)N(Cc1ccccc1)C(=O)c1cc(F)ccc1C#CCN. The van der Waals surface area contributed by atoms with E-state index in [4.69, 9.17) is 5.73 Å². The van der Waals surface area contributed by atoms with Gasteiger partial charge in [0.1, 0.15) is 5.82 Å². The molecule has 3 nitrogen and oxygen atoms in total. The highest BCUT2D eigenvalue weighted by molar-refractivity contribution is 5.97. The lowest BCUT2D eigenvalue weighted by atomic mass is 10.0. The van der Waals surface area contributed by atoms with Crippen LogP contribution in [0.15, 0.2) is 48.5 Å². The number of hydrogen-bond acceptors (Lipinski definition) is 2. The van der Waals surface area contributed by atoms with Gasteiger partial charge in [0.25, 0.3) is 5.91 Å². The number of carbonyl (C=O) groups is 1. The molecular weight excluding hydrogens is 303 g/mol. The van der Waals surface area contributed by atoms with E-state index in [1.54, 1.807) is 4.90 Å². The maximum absolute atomic E-state index is 13.7. The van der Waals surface area contributed by atoms with E-state index in [2.05, 4.69) is 11.8 Å². The van der Waals surface area contributed by atoms with Crippen LogP contribution < -0.4 is 5.73 Å². The van der Waals surface area contributed by atoms with Crippen molar-refractivity contribution in [3.8, 4) is 11.8 Å². The van der Waals surface area contributed by atoms with Crippen molar-refractivity contribution in [2.24, 2.45) is 5.73 Å². The molecule has 0 bridgehead atoms. The van der Waals surface area contributed by atoms with Gasteiger partial charge in [-0.15, -0.1) is 0 Å². The Bertz CT molecular complexity index is 760. The molecule has 0 radical (unpaired) electrons. The third-order valence-corrected chi connectivity index (χ3v) is 3.62. The molecule has 0 heterocycles. The first-order chi connectivity index (χ1) is 11.5. The van der Waals surface area contributed by atoms with Crippen LogP contribution in [0.1, 0.15) is 35.3 Å².